The maximum absolute atomic E-state index is 13.7. The molecule has 2 amide bonds. The number of para-hydroxylation sites is 1. The first-order valence-corrected chi connectivity index (χ1v) is 14.9. The number of likely N-dealkylation sites (tertiary alicyclic amines) is 1. The Balaban J connectivity index is 1.28. The van der Waals surface area contributed by atoms with Gasteiger partial charge in [-0.25, -0.2) is 22.6 Å². The van der Waals surface area contributed by atoms with Crippen LogP contribution in [-0.2, 0) is 39.1 Å². The van der Waals surface area contributed by atoms with Crippen LogP contribution >= 0.6 is 0 Å². The molecule has 5 rings (SSSR count). The molecule has 1 fully saturated rings. The Labute approximate surface area is 236 Å². The van der Waals surface area contributed by atoms with E-state index in [1.54, 1.807) is 24.3 Å². The van der Waals surface area contributed by atoms with E-state index in [0.29, 0.717) is 11.2 Å². The molecule has 0 radical (unpaired) electrons. The number of hydrogen-bond acceptors (Lipinski definition) is 7. The van der Waals surface area contributed by atoms with Gasteiger partial charge in [-0.3, -0.25) is 4.79 Å². The molecule has 3 heterocycles. The van der Waals surface area contributed by atoms with Crippen LogP contribution in [0.4, 0.5) is 9.59 Å². The van der Waals surface area contributed by atoms with E-state index in [1.165, 1.54) is 4.90 Å². The second-order valence-electron chi connectivity index (χ2n) is 10.4. The Bertz CT molecular complexity index is 1560. The molecule has 0 aliphatic carbocycles. The summed E-state index contributed by atoms with van der Waals surface area (Å²) >= 11 is 0. The molecule has 0 saturated carbocycles. The van der Waals surface area contributed by atoms with Gasteiger partial charge in [0.2, 0.25) is 15.9 Å². The van der Waals surface area contributed by atoms with Gasteiger partial charge in [-0.05, 0) is 42.4 Å². The van der Waals surface area contributed by atoms with Gasteiger partial charge >= 0.3 is 12.2 Å². The molecule has 41 heavy (non-hydrogen) atoms. The normalized spacial score (nSPS) is 18.0. The zero-order chi connectivity index (χ0) is 29.3. The summed E-state index contributed by atoms with van der Waals surface area (Å²) in [5.74, 6) is -1.79. The number of aliphatic hydroxyl groups is 1. The number of sulfonamides is 1. The van der Waals surface area contributed by atoms with E-state index in [1.807, 2.05) is 30.3 Å². The molecule has 1 aromatic heterocycles. The predicted molar refractivity (Wildman–Crippen MR) is 148 cm³/mol. The van der Waals surface area contributed by atoms with Crippen molar-refractivity contribution in [3.05, 3.63) is 71.4 Å². The van der Waals surface area contributed by atoms with Crippen molar-refractivity contribution in [2.45, 2.75) is 43.8 Å². The number of amides is 2. The molecule has 4 N–H and O–H groups in total. The lowest BCUT2D eigenvalue weighted by atomic mass is 9.89. The summed E-state index contributed by atoms with van der Waals surface area (Å²) in [6, 6.07) is 16.1. The highest BCUT2D eigenvalue weighted by molar-refractivity contribution is 7.90. The Hall–Kier alpha value is -3.94. The summed E-state index contributed by atoms with van der Waals surface area (Å²) in [5.41, 5.74) is 7.88. The highest BCUT2D eigenvalue weighted by Crippen LogP contribution is 2.34. The van der Waals surface area contributed by atoms with Crippen molar-refractivity contribution in [2.75, 3.05) is 19.6 Å². The van der Waals surface area contributed by atoms with Crippen LogP contribution in [0.25, 0.3) is 10.9 Å². The Kier molecular flexibility index (Phi) is 8.02. The number of primary amides is 1. The summed E-state index contributed by atoms with van der Waals surface area (Å²) in [6.07, 6.45) is -2.63. The van der Waals surface area contributed by atoms with Crippen LogP contribution in [0.3, 0.4) is 0 Å². The first-order valence-electron chi connectivity index (χ1n) is 13.4. The Morgan fingerprint density at radius 2 is 1.66 bits per heavy atom. The molecule has 2 aliphatic heterocycles. The fraction of sp³-hybridized carbons (Fsp3) is 0.393. The van der Waals surface area contributed by atoms with E-state index in [9.17, 15) is 33.0 Å². The average Bonchev–Trinajstić information content (AvgIpc) is 3.30. The van der Waals surface area contributed by atoms with Crippen LogP contribution in [-0.4, -0.2) is 81.5 Å². The zero-order valence-corrected chi connectivity index (χ0v) is 23.1. The van der Waals surface area contributed by atoms with Crippen LogP contribution in [0.15, 0.2) is 54.6 Å². The first-order chi connectivity index (χ1) is 19.6. The number of hydrogen-bond donors (Lipinski definition) is 3. The third-order valence-electron chi connectivity index (χ3n) is 7.97. The standard InChI is InChI=1S/C28H32N4O8S/c29-26(34)25(24(33)19-10-13-30(14-11-19)28(37)40-17-18-6-2-1-3-7-18)41(38,39)31-15-12-21-20-8-4-5-9-22(20)32(27(35)36)23(21)16-31/h1-9,19,24-25,33H,10-17H2,(H2,29,34)(H,35,36). The third-order valence-corrected chi connectivity index (χ3v) is 10.2. The number of nitrogens with two attached hydrogens (primary N) is 1. The van der Waals surface area contributed by atoms with Crippen LogP contribution in [0, 0.1) is 5.92 Å². The number of fused-ring (bicyclic) bond motifs is 3. The van der Waals surface area contributed by atoms with Crippen LogP contribution in [0.2, 0.25) is 0 Å². The molecular formula is C28H32N4O8S. The van der Waals surface area contributed by atoms with Crippen molar-refractivity contribution in [3.63, 3.8) is 0 Å². The summed E-state index contributed by atoms with van der Waals surface area (Å²) < 4.78 is 34.9. The molecule has 2 atom stereocenters. The van der Waals surface area contributed by atoms with Gasteiger partial charge in [0, 0.05) is 30.7 Å². The predicted octanol–water partition coefficient (Wildman–Crippen LogP) is 2.12. The molecule has 12 nitrogen and oxygen atoms in total. The van der Waals surface area contributed by atoms with E-state index >= 15 is 0 Å². The minimum Gasteiger partial charge on any atom is -0.464 e. The monoisotopic (exact) mass is 584 g/mol. The van der Waals surface area contributed by atoms with Gasteiger partial charge in [-0.1, -0.05) is 48.5 Å². The van der Waals surface area contributed by atoms with Gasteiger partial charge in [-0.15, -0.1) is 0 Å². The second kappa shape index (κ2) is 11.5. The van der Waals surface area contributed by atoms with Crippen molar-refractivity contribution in [3.8, 4) is 0 Å². The highest BCUT2D eigenvalue weighted by atomic mass is 32.2. The van der Waals surface area contributed by atoms with Crippen LogP contribution in [0.1, 0.15) is 29.7 Å². The lowest BCUT2D eigenvalue weighted by Crippen LogP contribution is -2.55. The molecule has 13 heteroatoms. The van der Waals surface area contributed by atoms with Gasteiger partial charge in [0.05, 0.1) is 18.2 Å². The third kappa shape index (κ3) is 5.52. The number of ether oxygens (including phenoxy) is 1. The lowest BCUT2D eigenvalue weighted by molar-refractivity contribution is -0.120. The van der Waals surface area contributed by atoms with Crippen LogP contribution in [0.5, 0.6) is 0 Å². The van der Waals surface area contributed by atoms with Gasteiger partial charge < -0.3 is 25.6 Å². The number of aliphatic hydroxyl groups excluding tert-OH is 1. The maximum atomic E-state index is 13.7. The molecule has 0 spiro atoms. The van der Waals surface area contributed by atoms with Gasteiger partial charge in [0.25, 0.3) is 0 Å². The molecule has 3 aromatic rings. The quantitative estimate of drug-likeness (QED) is 0.379. The number of piperidine rings is 1. The molecular weight excluding hydrogens is 552 g/mol. The van der Waals surface area contributed by atoms with E-state index in [2.05, 4.69) is 0 Å². The van der Waals surface area contributed by atoms with Crippen molar-refractivity contribution >= 4 is 39.0 Å². The Morgan fingerprint density at radius 3 is 2.32 bits per heavy atom. The second-order valence-corrected chi connectivity index (χ2v) is 12.4. The molecule has 0 bridgehead atoms. The summed E-state index contributed by atoms with van der Waals surface area (Å²) in [6.45, 7) is 0.272. The highest BCUT2D eigenvalue weighted by Gasteiger charge is 2.46. The number of nitrogens with zero attached hydrogens (tertiary/aromatic N) is 3. The summed E-state index contributed by atoms with van der Waals surface area (Å²) in [7, 11) is -4.47. The smallest absolute Gasteiger partial charge is 0.416 e. The fourth-order valence-electron chi connectivity index (χ4n) is 5.86. The number of carbonyl (C=O) groups excluding carboxylic acids is 2. The summed E-state index contributed by atoms with van der Waals surface area (Å²) in [5, 5.41) is 19.8. The van der Waals surface area contributed by atoms with E-state index in [4.69, 9.17) is 10.5 Å². The fourth-order valence-corrected chi connectivity index (χ4v) is 7.69. The van der Waals surface area contributed by atoms with Gasteiger partial charge in [0.15, 0.2) is 5.25 Å². The number of carbonyl (C=O) groups is 3. The van der Waals surface area contributed by atoms with Crippen LogP contribution < -0.4 is 5.73 Å². The zero-order valence-electron chi connectivity index (χ0n) is 22.3. The number of benzene rings is 2. The molecule has 2 aliphatic rings. The SMILES string of the molecule is NC(=O)C(C(O)C1CCN(C(=O)OCc2ccccc2)CC1)S(=O)(=O)N1CCc2c(n(C(=O)O)c3ccccc23)C1. The van der Waals surface area contributed by atoms with Crippen molar-refractivity contribution in [1.82, 2.24) is 13.8 Å². The van der Waals surface area contributed by atoms with Gasteiger partial charge in [-0.2, -0.15) is 4.31 Å². The number of aromatic nitrogens is 1. The van der Waals surface area contributed by atoms with E-state index in [0.717, 1.165) is 25.4 Å². The molecule has 2 aromatic carbocycles. The van der Waals surface area contributed by atoms with Crippen molar-refractivity contribution in [2.24, 2.45) is 11.7 Å². The largest absolute Gasteiger partial charge is 0.464 e. The Morgan fingerprint density at radius 1 is 1.00 bits per heavy atom. The van der Waals surface area contributed by atoms with Gasteiger partial charge in [0.1, 0.15) is 6.61 Å². The maximum Gasteiger partial charge on any atom is 0.416 e. The minimum atomic E-state index is -4.47. The van der Waals surface area contributed by atoms with E-state index < -0.39 is 45.4 Å². The topological polar surface area (TPSA) is 172 Å². The van der Waals surface area contributed by atoms with E-state index in [-0.39, 0.29) is 52.0 Å². The summed E-state index contributed by atoms with van der Waals surface area (Å²) in [4.78, 5) is 38.6. The van der Waals surface area contributed by atoms with Crippen molar-refractivity contribution < 1.29 is 37.8 Å². The molecule has 2 unspecified atom stereocenters. The molecule has 218 valence electrons. The number of carboxylic acid groups (broad SMARTS) is 1. The molecule has 1 saturated heterocycles. The minimum absolute atomic E-state index is 0.00512. The average molecular weight is 585 g/mol. The number of rotatable bonds is 7. The van der Waals surface area contributed by atoms with Crippen molar-refractivity contribution in [1.29, 1.82) is 0 Å². The lowest BCUT2D eigenvalue weighted by Gasteiger charge is -2.37. The first kappa shape index (κ1) is 28.6.